The van der Waals surface area contributed by atoms with Gasteiger partial charge in [0.2, 0.25) is 5.88 Å². The van der Waals surface area contributed by atoms with Crippen LogP contribution >= 0.6 is 15.9 Å². The summed E-state index contributed by atoms with van der Waals surface area (Å²) < 4.78 is 32.8. The molecule has 1 fully saturated rings. The highest BCUT2D eigenvalue weighted by Gasteiger charge is 2.33. The third-order valence-electron chi connectivity index (χ3n) is 3.87. The molecule has 0 spiro atoms. The Kier molecular flexibility index (Phi) is 4.59. The van der Waals surface area contributed by atoms with E-state index in [9.17, 15) is 8.78 Å². The van der Waals surface area contributed by atoms with Gasteiger partial charge in [0.25, 0.3) is 5.92 Å². The lowest BCUT2D eigenvalue weighted by Crippen LogP contribution is -2.41. The first-order valence-corrected chi connectivity index (χ1v) is 8.10. The fourth-order valence-electron chi connectivity index (χ4n) is 2.54. The molecule has 1 aromatic heterocycles. The van der Waals surface area contributed by atoms with E-state index in [4.69, 9.17) is 4.74 Å². The van der Waals surface area contributed by atoms with Crippen LogP contribution in [0, 0.1) is 0 Å². The molecule has 0 radical (unpaired) electrons. The smallest absolute Gasteiger partial charge is 0.250 e. The Labute approximate surface area is 136 Å². The lowest BCUT2D eigenvalue weighted by Gasteiger charge is -2.31. The number of hydrogen-bond acceptors (Lipinski definition) is 3. The van der Waals surface area contributed by atoms with E-state index in [1.165, 1.54) is 0 Å². The minimum atomic E-state index is -2.49. The van der Waals surface area contributed by atoms with Crippen molar-refractivity contribution < 1.29 is 13.5 Å². The van der Waals surface area contributed by atoms with Crippen molar-refractivity contribution in [2.45, 2.75) is 18.8 Å². The Balaban J connectivity index is 1.53. The first kappa shape index (κ1) is 15.6. The van der Waals surface area contributed by atoms with Gasteiger partial charge in [-0.25, -0.2) is 13.8 Å². The molecule has 3 rings (SSSR count). The SMILES string of the molecule is FC1(F)CCN(CCOc2ccc3cc(Br)ccc3n2)CC1. The largest absolute Gasteiger partial charge is 0.476 e. The number of nitrogens with zero attached hydrogens (tertiary/aromatic N) is 2. The quantitative estimate of drug-likeness (QED) is 0.809. The highest BCUT2D eigenvalue weighted by atomic mass is 79.9. The van der Waals surface area contributed by atoms with Gasteiger partial charge in [0, 0.05) is 48.4 Å². The minimum absolute atomic E-state index is 0.0594. The van der Waals surface area contributed by atoms with Gasteiger partial charge in [-0.2, -0.15) is 0 Å². The number of piperidine rings is 1. The second-order valence-corrected chi connectivity index (χ2v) is 6.45. The van der Waals surface area contributed by atoms with Gasteiger partial charge in [-0.05, 0) is 24.3 Å². The summed E-state index contributed by atoms with van der Waals surface area (Å²) in [4.78, 5) is 6.45. The number of rotatable bonds is 4. The Morgan fingerprint density at radius 2 is 1.95 bits per heavy atom. The van der Waals surface area contributed by atoms with Gasteiger partial charge in [0.05, 0.1) is 5.52 Å². The molecule has 0 N–H and O–H groups in total. The van der Waals surface area contributed by atoms with Gasteiger partial charge < -0.3 is 4.74 Å². The van der Waals surface area contributed by atoms with E-state index < -0.39 is 5.92 Å². The average Bonchev–Trinajstić information content (AvgIpc) is 2.49. The second kappa shape index (κ2) is 6.46. The fourth-order valence-corrected chi connectivity index (χ4v) is 2.92. The van der Waals surface area contributed by atoms with Crippen molar-refractivity contribution >= 4 is 26.8 Å². The number of pyridine rings is 1. The van der Waals surface area contributed by atoms with Crippen molar-refractivity contribution in [1.29, 1.82) is 0 Å². The van der Waals surface area contributed by atoms with E-state index in [0.717, 1.165) is 15.4 Å². The van der Waals surface area contributed by atoms with Crippen LogP contribution in [0.15, 0.2) is 34.8 Å². The van der Waals surface area contributed by atoms with Crippen LogP contribution in [-0.4, -0.2) is 42.0 Å². The predicted octanol–water partition coefficient (Wildman–Crippen LogP) is 4.11. The molecule has 0 atom stereocenters. The molecule has 0 bridgehead atoms. The van der Waals surface area contributed by atoms with Crippen LogP contribution in [-0.2, 0) is 0 Å². The number of fused-ring (bicyclic) bond motifs is 1. The summed E-state index contributed by atoms with van der Waals surface area (Å²) in [6, 6.07) is 9.66. The molecule has 0 amide bonds. The van der Waals surface area contributed by atoms with E-state index in [0.29, 0.717) is 32.1 Å². The van der Waals surface area contributed by atoms with E-state index in [1.54, 1.807) is 0 Å². The molecule has 3 nitrogen and oxygen atoms in total. The first-order chi connectivity index (χ1) is 10.5. The molecule has 0 unspecified atom stereocenters. The van der Waals surface area contributed by atoms with Crippen molar-refractivity contribution in [3.63, 3.8) is 0 Å². The third kappa shape index (κ3) is 3.93. The lowest BCUT2D eigenvalue weighted by molar-refractivity contribution is -0.0565. The summed E-state index contributed by atoms with van der Waals surface area (Å²) in [5.74, 6) is -1.93. The molecule has 1 saturated heterocycles. The standard InChI is InChI=1S/C16H17BrF2N2O/c17-13-2-3-14-12(11-13)1-4-15(20-14)22-10-9-21-7-5-16(18,19)6-8-21/h1-4,11H,5-10H2. The molecule has 118 valence electrons. The average molecular weight is 371 g/mol. The van der Waals surface area contributed by atoms with Gasteiger partial charge in [0.1, 0.15) is 6.61 Å². The van der Waals surface area contributed by atoms with Gasteiger partial charge in [0.15, 0.2) is 0 Å². The van der Waals surface area contributed by atoms with Crippen LogP contribution in [0.3, 0.4) is 0 Å². The third-order valence-corrected chi connectivity index (χ3v) is 4.36. The predicted molar refractivity (Wildman–Crippen MR) is 85.6 cm³/mol. The van der Waals surface area contributed by atoms with Crippen LogP contribution in [0.1, 0.15) is 12.8 Å². The van der Waals surface area contributed by atoms with Crippen LogP contribution in [0.25, 0.3) is 10.9 Å². The molecule has 2 heterocycles. The molecular weight excluding hydrogens is 354 g/mol. The molecule has 1 aliphatic rings. The zero-order chi connectivity index (χ0) is 15.6. The maximum atomic E-state index is 13.1. The van der Waals surface area contributed by atoms with E-state index in [-0.39, 0.29) is 12.8 Å². The molecule has 1 aliphatic heterocycles. The number of halogens is 3. The molecular formula is C16H17BrF2N2O. The zero-order valence-corrected chi connectivity index (χ0v) is 13.7. The van der Waals surface area contributed by atoms with Gasteiger partial charge in [-0.1, -0.05) is 15.9 Å². The highest BCUT2D eigenvalue weighted by Crippen LogP contribution is 2.27. The number of hydrogen-bond donors (Lipinski definition) is 0. The monoisotopic (exact) mass is 370 g/mol. The summed E-state index contributed by atoms with van der Waals surface area (Å²) in [5.41, 5.74) is 0.873. The Hall–Kier alpha value is -1.27. The Bertz CT molecular complexity index is 656. The number of ether oxygens (including phenoxy) is 1. The maximum absolute atomic E-state index is 13.1. The van der Waals surface area contributed by atoms with Crippen molar-refractivity contribution in [3.8, 4) is 5.88 Å². The molecule has 6 heteroatoms. The van der Waals surface area contributed by atoms with Crippen molar-refractivity contribution in [2.75, 3.05) is 26.2 Å². The van der Waals surface area contributed by atoms with Crippen molar-refractivity contribution in [2.24, 2.45) is 0 Å². The van der Waals surface area contributed by atoms with Gasteiger partial charge >= 0.3 is 0 Å². The Morgan fingerprint density at radius 3 is 2.73 bits per heavy atom. The topological polar surface area (TPSA) is 25.4 Å². The van der Waals surface area contributed by atoms with E-state index >= 15 is 0 Å². The molecule has 0 aliphatic carbocycles. The summed E-state index contributed by atoms with van der Waals surface area (Å²) in [7, 11) is 0. The van der Waals surface area contributed by atoms with Crippen LogP contribution in [0.4, 0.5) is 8.78 Å². The second-order valence-electron chi connectivity index (χ2n) is 5.53. The van der Waals surface area contributed by atoms with Crippen molar-refractivity contribution in [3.05, 3.63) is 34.8 Å². The minimum Gasteiger partial charge on any atom is -0.476 e. The Morgan fingerprint density at radius 1 is 1.18 bits per heavy atom. The number of aromatic nitrogens is 1. The lowest BCUT2D eigenvalue weighted by atomic mass is 10.1. The van der Waals surface area contributed by atoms with E-state index in [1.807, 2.05) is 35.2 Å². The zero-order valence-electron chi connectivity index (χ0n) is 12.1. The van der Waals surface area contributed by atoms with E-state index in [2.05, 4.69) is 20.9 Å². The molecule has 22 heavy (non-hydrogen) atoms. The first-order valence-electron chi connectivity index (χ1n) is 7.31. The van der Waals surface area contributed by atoms with Crippen LogP contribution in [0.5, 0.6) is 5.88 Å². The molecule has 1 aromatic carbocycles. The molecule has 2 aromatic rings. The summed E-state index contributed by atoms with van der Waals surface area (Å²) >= 11 is 3.43. The van der Waals surface area contributed by atoms with Crippen molar-refractivity contribution in [1.82, 2.24) is 9.88 Å². The number of likely N-dealkylation sites (tertiary alicyclic amines) is 1. The van der Waals surface area contributed by atoms with Crippen LogP contribution in [0.2, 0.25) is 0 Å². The number of alkyl halides is 2. The van der Waals surface area contributed by atoms with Gasteiger partial charge in [-0.3, -0.25) is 4.90 Å². The normalized spacial score (nSPS) is 18.5. The van der Waals surface area contributed by atoms with Crippen LogP contribution < -0.4 is 4.74 Å². The summed E-state index contributed by atoms with van der Waals surface area (Å²) in [6.07, 6.45) is -0.119. The maximum Gasteiger partial charge on any atom is 0.250 e. The number of benzene rings is 1. The summed E-state index contributed by atoms with van der Waals surface area (Å²) in [6.45, 7) is 1.96. The fraction of sp³-hybridized carbons (Fsp3) is 0.438. The van der Waals surface area contributed by atoms with Gasteiger partial charge in [-0.15, -0.1) is 0 Å². The highest BCUT2D eigenvalue weighted by molar-refractivity contribution is 9.10. The summed E-state index contributed by atoms with van der Waals surface area (Å²) in [5, 5.41) is 1.04. The molecule has 0 saturated carbocycles.